The van der Waals surface area contributed by atoms with Gasteiger partial charge in [-0.3, -0.25) is 9.59 Å². The quantitative estimate of drug-likeness (QED) is 0.366. The number of carbonyl (C=O) groups is 1. The van der Waals surface area contributed by atoms with Gasteiger partial charge in [-0.25, -0.2) is 4.98 Å². The number of benzene rings is 3. The highest BCUT2D eigenvalue weighted by Gasteiger charge is 2.23. The van der Waals surface area contributed by atoms with E-state index >= 15 is 0 Å². The zero-order valence-corrected chi connectivity index (χ0v) is 19.4. The second-order valence-corrected chi connectivity index (χ2v) is 8.88. The van der Waals surface area contributed by atoms with Crippen molar-refractivity contribution in [1.82, 2.24) is 25.1 Å². The summed E-state index contributed by atoms with van der Waals surface area (Å²) in [5, 5.41) is 8.57. The molecule has 2 aromatic heterocycles. The summed E-state index contributed by atoms with van der Waals surface area (Å²) in [6.45, 7) is 0. The van der Waals surface area contributed by atoms with Crippen molar-refractivity contribution >= 4 is 39.5 Å². The third-order valence-electron chi connectivity index (χ3n) is 5.67. The summed E-state index contributed by atoms with van der Waals surface area (Å²) in [6, 6.07) is 23.6. The average molecular weight is 470 g/mol. The van der Waals surface area contributed by atoms with Crippen molar-refractivity contribution in [3.05, 3.63) is 101 Å². The molecule has 8 heteroatoms. The van der Waals surface area contributed by atoms with Crippen LogP contribution < -0.4 is 10.9 Å². The van der Waals surface area contributed by atoms with Gasteiger partial charge in [0.15, 0.2) is 5.69 Å². The van der Waals surface area contributed by atoms with Gasteiger partial charge in [0, 0.05) is 5.39 Å². The third-order valence-corrected chi connectivity index (χ3v) is 6.32. The Bertz CT molecular complexity index is 1490. The number of aromatic nitrogens is 4. The Morgan fingerprint density at radius 3 is 2.47 bits per heavy atom. The molecule has 5 aromatic rings. The summed E-state index contributed by atoms with van der Waals surface area (Å²) in [5.41, 5.74) is 2.30. The van der Waals surface area contributed by atoms with Crippen molar-refractivity contribution < 1.29 is 4.79 Å². The smallest absolute Gasteiger partial charge is 0.279 e. The van der Waals surface area contributed by atoms with E-state index in [9.17, 15) is 9.59 Å². The van der Waals surface area contributed by atoms with Crippen LogP contribution >= 0.6 is 11.8 Å². The molecular weight excluding hydrogens is 446 g/mol. The van der Waals surface area contributed by atoms with Gasteiger partial charge in [-0.15, -0.1) is 0 Å². The Kier molecular flexibility index (Phi) is 6.14. The maximum absolute atomic E-state index is 13.6. The fraction of sp³-hybridized carbons (Fsp3) is 0.154. The molecule has 7 nitrogen and oxygen atoms in total. The molecule has 2 heterocycles. The Morgan fingerprint density at radius 1 is 1.00 bits per heavy atom. The number of amides is 1. The van der Waals surface area contributed by atoms with Crippen LogP contribution in [0.25, 0.3) is 27.5 Å². The van der Waals surface area contributed by atoms with Gasteiger partial charge in [0.1, 0.15) is 5.82 Å². The monoisotopic (exact) mass is 469 g/mol. The van der Waals surface area contributed by atoms with E-state index < -0.39 is 0 Å². The highest BCUT2D eigenvalue weighted by molar-refractivity contribution is 7.98. The Labute approximate surface area is 200 Å². The van der Waals surface area contributed by atoms with Gasteiger partial charge in [0.25, 0.3) is 11.5 Å². The molecule has 2 N–H and O–H groups in total. The number of nitrogens with one attached hydrogen (secondary N) is 2. The fourth-order valence-electron chi connectivity index (χ4n) is 3.98. The standard InChI is InChI=1S/C26H23N5O2S/c1-34-16-15-22(24-27-20-13-7-8-14-21(20)28-24)29-25(32)23-18-11-5-6-12-19(18)26(33)31(30-23)17-9-3-2-4-10-17/h2-14,22H,15-16H2,1H3,(H,27,28)(H,29,32). The number of hydrogen-bond acceptors (Lipinski definition) is 5. The summed E-state index contributed by atoms with van der Waals surface area (Å²) >= 11 is 1.70. The normalized spacial score (nSPS) is 12.1. The molecule has 0 saturated heterocycles. The predicted octanol–water partition coefficient (Wildman–Crippen LogP) is 4.49. The maximum atomic E-state index is 13.6. The first-order valence-electron chi connectivity index (χ1n) is 11.0. The van der Waals surface area contributed by atoms with E-state index in [1.807, 2.05) is 48.7 Å². The van der Waals surface area contributed by atoms with E-state index in [-0.39, 0.29) is 23.2 Å². The van der Waals surface area contributed by atoms with Crippen LogP contribution in [0, 0.1) is 0 Å². The van der Waals surface area contributed by atoms with Gasteiger partial charge < -0.3 is 10.3 Å². The van der Waals surface area contributed by atoms with Crippen molar-refractivity contribution in [1.29, 1.82) is 0 Å². The van der Waals surface area contributed by atoms with Crippen LogP contribution in [-0.4, -0.2) is 37.7 Å². The molecule has 0 fully saturated rings. The topological polar surface area (TPSA) is 92.7 Å². The zero-order chi connectivity index (χ0) is 23.5. The number of thioether (sulfide) groups is 1. The molecule has 0 spiro atoms. The first-order chi connectivity index (χ1) is 16.7. The SMILES string of the molecule is CSCCC(NC(=O)c1nn(-c2ccccc2)c(=O)c2ccccc12)c1nc2ccccc2[nH]1. The number of fused-ring (bicyclic) bond motifs is 2. The number of rotatable bonds is 7. The van der Waals surface area contributed by atoms with Crippen LogP contribution in [0.1, 0.15) is 28.8 Å². The molecule has 0 aliphatic heterocycles. The van der Waals surface area contributed by atoms with E-state index in [4.69, 9.17) is 4.98 Å². The van der Waals surface area contributed by atoms with Crippen molar-refractivity contribution in [3.8, 4) is 5.69 Å². The van der Waals surface area contributed by atoms with Crippen LogP contribution in [0.5, 0.6) is 0 Å². The van der Waals surface area contributed by atoms with Gasteiger partial charge >= 0.3 is 0 Å². The fourth-order valence-corrected chi connectivity index (χ4v) is 4.45. The summed E-state index contributed by atoms with van der Waals surface area (Å²) in [6.07, 6.45) is 2.73. The minimum atomic E-state index is -0.354. The molecule has 0 saturated carbocycles. The molecule has 1 amide bonds. The summed E-state index contributed by atoms with van der Waals surface area (Å²) in [5.74, 6) is 1.19. The average Bonchev–Trinajstić information content (AvgIpc) is 3.31. The molecule has 1 unspecified atom stereocenters. The minimum absolute atomic E-state index is 0.198. The lowest BCUT2D eigenvalue weighted by molar-refractivity contribution is 0.0929. The largest absolute Gasteiger partial charge is 0.341 e. The van der Waals surface area contributed by atoms with Gasteiger partial charge in [0.05, 0.1) is 28.1 Å². The summed E-state index contributed by atoms with van der Waals surface area (Å²) < 4.78 is 1.29. The molecule has 0 aliphatic rings. The van der Waals surface area contributed by atoms with E-state index in [0.29, 0.717) is 28.7 Å². The van der Waals surface area contributed by atoms with Crippen LogP contribution in [0.2, 0.25) is 0 Å². The summed E-state index contributed by atoms with van der Waals surface area (Å²) in [7, 11) is 0. The lowest BCUT2D eigenvalue weighted by Crippen LogP contribution is -2.33. The van der Waals surface area contributed by atoms with E-state index in [1.54, 1.807) is 48.2 Å². The summed E-state index contributed by atoms with van der Waals surface area (Å²) in [4.78, 5) is 34.8. The van der Waals surface area contributed by atoms with Crippen LogP contribution in [0.3, 0.4) is 0 Å². The Morgan fingerprint density at radius 2 is 1.71 bits per heavy atom. The number of para-hydroxylation sites is 3. The minimum Gasteiger partial charge on any atom is -0.341 e. The number of aromatic amines is 1. The molecule has 3 aromatic carbocycles. The zero-order valence-electron chi connectivity index (χ0n) is 18.6. The van der Waals surface area contributed by atoms with Gasteiger partial charge in [0.2, 0.25) is 0 Å². The molecule has 34 heavy (non-hydrogen) atoms. The lowest BCUT2D eigenvalue weighted by atomic mass is 10.1. The van der Waals surface area contributed by atoms with E-state index in [1.165, 1.54) is 4.68 Å². The maximum Gasteiger partial charge on any atom is 0.279 e. The highest BCUT2D eigenvalue weighted by atomic mass is 32.2. The van der Waals surface area contributed by atoms with Crippen molar-refractivity contribution in [3.63, 3.8) is 0 Å². The molecule has 5 rings (SSSR count). The molecule has 0 radical (unpaired) electrons. The van der Waals surface area contributed by atoms with Crippen LogP contribution in [-0.2, 0) is 0 Å². The molecule has 0 aliphatic carbocycles. The lowest BCUT2D eigenvalue weighted by Gasteiger charge is -2.17. The van der Waals surface area contributed by atoms with E-state index in [0.717, 1.165) is 16.8 Å². The Balaban J connectivity index is 1.57. The van der Waals surface area contributed by atoms with Crippen LogP contribution in [0.4, 0.5) is 0 Å². The van der Waals surface area contributed by atoms with E-state index in [2.05, 4.69) is 15.4 Å². The molecule has 0 bridgehead atoms. The van der Waals surface area contributed by atoms with Gasteiger partial charge in [-0.1, -0.05) is 48.5 Å². The number of imidazole rings is 1. The molecule has 170 valence electrons. The number of nitrogens with zero attached hydrogens (tertiary/aromatic N) is 3. The van der Waals surface area contributed by atoms with Gasteiger partial charge in [-0.2, -0.15) is 21.5 Å². The second-order valence-electron chi connectivity index (χ2n) is 7.89. The van der Waals surface area contributed by atoms with Crippen molar-refractivity contribution in [2.75, 3.05) is 12.0 Å². The number of carbonyl (C=O) groups excluding carboxylic acids is 1. The van der Waals surface area contributed by atoms with Crippen molar-refractivity contribution in [2.24, 2.45) is 0 Å². The number of hydrogen-bond donors (Lipinski definition) is 2. The van der Waals surface area contributed by atoms with Gasteiger partial charge in [-0.05, 0) is 48.8 Å². The van der Waals surface area contributed by atoms with Crippen LogP contribution in [0.15, 0.2) is 83.7 Å². The Hall–Kier alpha value is -3.91. The third kappa shape index (κ3) is 4.20. The number of H-pyrrole nitrogens is 1. The first-order valence-corrected chi connectivity index (χ1v) is 12.4. The van der Waals surface area contributed by atoms with Crippen molar-refractivity contribution in [2.45, 2.75) is 12.5 Å². The predicted molar refractivity (Wildman–Crippen MR) is 137 cm³/mol. The molecular formula is C26H23N5O2S. The molecule has 1 atom stereocenters. The second kappa shape index (κ2) is 9.52. The first kappa shape index (κ1) is 21.9. The highest BCUT2D eigenvalue weighted by Crippen LogP contribution is 2.22.